The third-order valence-electron chi connectivity index (χ3n) is 3.79. The van der Waals surface area contributed by atoms with Gasteiger partial charge in [-0.1, -0.05) is 6.92 Å². The molecule has 1 saturated heterocycles. The number of carbonyl (C=O) groups excluding carboxylic acids is 1. The van der Waals surface area contributed by atoms with Crippen LogP contribution in [0.1, 0.15) is 32.6 Å². The second-order valence-corrected chi connectivity index (χ2v) is 5.39. The van der Waals surface area contributed by atoms with Crippen LogP contribution in [0.5, 0.6) is 0 Å². The summed E-state index contributed by atoms with van der Waals surface area (Å²) in [6.07, 6.45) is -1.09. The average molecular weight is 301 g/mol. The van der Waals surface area contributed by atoms with Crippen molar-refractivity contribution in [1.82, 2.24) is 9.80 Å². The van der Waals surface area contributed by atoms with E-state index in [0.717, 1.165) is 12.8 Å². The van der Waals surface area contributed by atoms with E-state index >= 15 is 0 Å². The Kier molecular flexibility index (Phi) is 6.41. The van der Waals surface area contributed by atoms with Crippen molar-refractivity contribution >= 4 is 18.1 Å². The van der Waals surface area contributed by atoms with Crippen LogP contribution >= 0.6 is 0 Å². The summed E-state index contributed by atoms with van der Waals surface area (Å²) in [5.41, 5.74) is 5.39. The number of nitrogens with zero attached hydrogens (tertiary/aromatic N) is 2. The number of imide groups is 1. The Bertz CT molecular complexity index is 379. The minimum atomic E-state index is -1.64. The topological polar surface area (TPSA) is 124 Å². The van der Waals surface area contributed by atoms with Gasteiger partial charge in [0.15, 0.2) is 0 Å². The fourth-order valence-corrected chi connectivity index (χ4v) is 2.46. The maximum Gasteiger partial charge on any atom is 0.417 e. The summed E-state index contributed by atoms with van der Waals surface area (Å²) in [5.74, 6) is 0.0757. The number of carbonyl (C=O) groups is 3. The van der Waals surface area contributed by atoms with Gasteiger partial charge < -0.3 is 20.8 Å². The molecule has 0 aromatic carbocycles. The van der Waals surface area contributed by atoms with E-state index in [1.165, 1.54) is 0 Å². The van der Waals surface area contributed by atoms with Crippen LogP contribution in [0.2, 0.25) is 0 Å². The molecule has 21 heavy (non-hydrogen) atoms. The highest BCUT2D eigenvalue weighted by molar-refractivity contribution is 5.94. The van der Waals surface area contributed by atoms with E-state index in [1.54, 1.807) is 4.90 Å². The van der Waals surface area contributed by atoms with Crippen LogP contribution in [0, 0.1) is 5.92 Å². The van der Waals surface area contributed by atoms with Crippen LogP contribution in [0.25, 0.3) is 0 Å². The first-order chi connectivity index (χ1) is 9.88. The Morgan fingerprint density at radius 2 is 1.76 bits per heavy atom. The normalized spacial score (nSPS) is 17.3. The predicted octanol–water partition coefficient (Wildman–Crippen LogP) is 1.01. The summed E-state index contributed by atoms with van der Waals surface area (Å²) in [7, 11) is 0. The van der Waals surface area contributed by atoms with E-state index in [1.807, 2.05) is 0 Å². The molecule has 0 aliphatic carbocycles. The Labute approximate surface area is 123 Å². The van der Waals surface area contributed by atoms with Gasteiger partial charge in [-0.2, -0.15) is 4.90 Å². The molecule has 1 rings (SSSR count). The number of nitrogens with two attached hydrogens (primary N) is 1. The number of hydrogen-bond acceptors (Lipinski definition) is 4. The Morgan fingerprint density at radius 3 is 2.19 bits per heavy atom. The molecule has 1 fully saturated rings. The van der Waals surface area contributed by atoms with Gasteiger partial charge in [0, 0.05) is 13.1 Å². The number of likely N-dealkylation sites (tertiary alicyclic amines) is 1. The molecule has 0 aromatic rings. The van der Waals surface area contributed by atoms with Gasteiger partial charge in [-0.05, 0) is 38.1 Å². The Balaban J connectivity index is 2.87. The predicted molar refractivity (Wildman–Crippen MR) is 74.9 cm³/mol. The van der Waals surface area contributed by atoms with Crippen molar-refractivity contribution < 1.29 is 24.6 Å². The molecule has 4 N–H and O–H groups in total. The second kappa shape index (κ2) is 7.82. The van der Waals surface area contributed by atoms with Crippen molar-refractivity contribution in [2.75, 3.05) is 19.6 Å². The van der Waals surface area contributed by atoms with Gasteiger partial charge in [0.1, 0.15) is 6.04 Å². The molecular formula is C13H23N3O5. The van der Waals surface area contributed by atoms with Gasteiger partial charge in [-0.3, -0.25) is 4.79 Å². The van der Waals surface area contributed by atoms with Gasteiger partial charge in [0.2, 0.25) is 5.91 Å². The minimum absolute atomic E-state index is 0.111. The van der Waals surface area contributed by atoms with Crippen molar-refractivity contribution in [3.05, 3.63) is 0 Å². The smallest absolute Gasteiger partial charge is 0.417 e. The largest absolute Gasteiger partial charge is 0.464 e. The number of amides is 3. The Morgan fingerprint density at radius 1 is 1.24 bits per heavy atom. The molecule has 8 heteroatoms. The first-order valence-electron chi connectivity index (χ1n) is 7.12. The summed E-state index contributed by atoms with van der Waals surface area (Å²) in [6.45, 7) is 3.43. The molecule has 1 aliphatic rings. The fraction of sp³-hybridized carbons (Fsp3) is 0.769. The standard InChI is InChI=1S/C13H23N3O5/c1-9-4-7-15(8-5-9)11(17)10(3-2-6-14)16(12(18)19)13(20)21/h9-10H,2-8,14H2,1H3,(H,18,19)(H,20,21)/t10-/m0/s1. The SMILES string of the molecule is CC1CCN(C(=O)[C@H](CCCN)N(C(=O)O)C(=O)O)CC1. The van der Waals surface area contributed by atoms with Gasteiger partial charge >= 0.3 is 12.2 Å². The second-order valence-electron chi connectivity index (χ2n) is 5.39. The summed E-state index contributed by atoms with van der Waals surface area (Å²) in [4.78, 5) is 36.5. The highest BCUT2D eigenvalue weighted by Gasteiger charge is 2.37. The van der Waals surface area contributed by atoms with Crippen molar-refractivity contribution in [2.45, 2.75) is 38.6 Å². The molecule has 3 amide bonds. The van der Waals surface area contributed by atoms with Crippen LogP contribution in [0.15, 0.2) is 0 Å². The van der Waals surface area contributed by atoms with E-state index in [0.29, 0.717) is 25.4 Å². The summed E-state index contributed by atoms with van der Waals surface area (Å²) < 4.78 is 0. The lowest BCUT2D eigenvalue weighted by Crippen LogP contribution is -2.54. The molecule has 0 radical (unpaired) electrons. The third kappa shape index (κ3) is 4.59. The van der Waals surface area contributed by atoms with Crippen LogP contribution in [-0.2, 0) is 4.79 Å². The lowest BCUT2D eigenvalue weighted by atomic mass is 9.98. The van der Waals surface area contributed by atoms with E-state index in [9.17, 15) is 14.4 Å². The lowest BCUT2D eigenvalue weighted by Gasteiger charge is -2.34. The number of rotatable bonds is 5. The van der Waals surface area contributed by atoms with E-state index in [2.05, 4.69) is 6.92 Å². The molecule has 1 aliphatic heterocycles. The van der Waals surface area contributed by atoms with Crippen molar-refractivity contribution in [3.8, 4) is 0 Å². The number of carboxylic acid groups (broad SMARTS) is 2. The zero-order valence-electron chi connectivity index (χ0n) is 12.2. The van der Waals surface area contributed by atoms with Crippen molar-refractivity contribution in [2.24, 2.45) is 11.7 Å². The van der Waals surface area contributed by atoms with Crippen LogP contribution in [0.4, 0.5) is 9.59 Å². The molecule has 1 atom stereocenters. The van der Waals surface area contributed by atoms with Gasteiger partial charge in [-0.15, -0.1) is 0 Å². The summed E-state index contributed by atoms with van der Waals surface area (Å²) in [6, 6.07) is -1.21. The lowest BCUT2D eigenvalue weighted by molar-refractivity contribution is -0.137. The monoisotopic (exact) mass is 301 g/mol. The maximum absolute atomic E-state index is 12.5. The molecule has 0 saturated carbocycles. The Hall–Kier alpha value is -1.83. The van der Waals surface area contributed by atoms with Gasteiger partial charge in [0.25, 0.3) is 0 Å². The van der Waals surface area contributed by atoms with Gasteiger partial charge in [-0.25, -0.2) is 9.59 Å². The highest BCUT2D eigenvalue weighted by Crippen LogP contribution is 2.19. The summed E-state index contributed by atoms with van der Waals surface area (Å²) >= 11 is 0. The first-order valence-corrected chi connectivity index (χ1v) is 7.12. The van der Waals surface area contributed by atoms with E-state index < -0.39 is 24.1 Å². The van der Waals surface area contributed by atoms with Crippen LogP contribution in [0.3, 0.4) is 0 Å². The zero-order chi connectivity index (χ0) is 16.0. The molecule has 0 unspecified atom stereocenters. The maximum atomic E-state index is 12.5. The van der Waals surface area contributed by atoms with Crippen LogP contribution in [-0.4, -0.2) is 63.8 Å². The fourth-order valence-electron chi connectivity index (χ4n) is 2.46. The highest BCUT2D eigenvalue weighted by atomic mass is 16.4. The van der Waals surface area contributed by atoms with E-state index in [-0.39, 0.29) is 17.9 Å². The van der Waals surface area contributed by atoms with Crippen molar-refractivity contribution in [3.63, 3.8) is 0 Å². The zero-order valence-corrected chi connectivity index (χ0v) is 12.2. The molecule has 0 aromatic heterocycles. The van der Waals surface area contributed by atoms with Crippen molar-refractivity contribution in [1.29, 1.82) is 0 Å². The molecule has 120 valence electrons. The first kappa shape index (κ1) is 17.2. The third-order valence-corrected chi connectivity index (χ3v) is 3.79. The molecular weight excluding hydrogens is 278 g/mol. The number of hydrogen-bond donors (Lipinski definition) is 3. The molecule has 0 spiro atoms. The number of piperidine rings is 1. The summed E-state index contributed by atoms with van der Waals surface area (Å²) in [5, 5.41) is 18.1. The van der Waals surface area contributed by atoms with Crippen LogP contribution < -0.4 is 5.73 Å². The quantitative estimate of drug-likeness (QED) is 0.696. The van der Waals surface area contributed by atoms with E-state index in [4.69, 9.17) is 15.9 Å². The van der Waals surface area contributed by atoms with Gasteiger partial charge in [0.05, 0.1) is 0 Å². The average Bonchev–Trinajstić information content (AvgIpc) is 2.42. The molecule has 0 bridgehead atoms. The molecule has 1 heterocycles. The minimum Gasteiger partial charge on any atom is -0.464 e. The molecule has 8 nitrogen and oxygen atoms in total.